The third-order valence-electron chi connectivity index (χ3n) is 4.67. The van der Waals surface area contributed by atoms with Crippen molar-refractivity contribution in [1.29, 1.82) is 0 Å². The van der Waals surface area contributed by atoms with Crippen molar-refractivity contribution < 1.29 is 4.42 Å². The fourth-order valence-corrected chi connectivity index (χ4v) is 3.45. The van der Waals surface area contributed by atoms with Crippen molar-refractivity contribution in [2.75, 3.05) is 5.32 Å². The van der Waals surface area contributed by atoms with Gasteiger partial charge in [0.1, 0.15) is 11.3 Å². The Labute approximate surface area is 154 Å². The molecule has 0 saturated carbocycles. The Bertz CT molecular complexity index is 1330. The Morgan fingerprint density at radius 1 is 0.963 bits per heavy atom. The van der Waals surface area contributed by atoms with Crippen LogP contribution in [0, 0.1) is 0 Å². The number of para-hydroxylation sites is 1. The van der Waals surface area contributed by atoms with Gasteiger partial charge in [0.05, 0.1) is 5.69 Å². The summed E-state index contributed by atoms with van der Waals surface area (Å²) in [6.07, 6.45) is 4.10. The van der Waals surface area contributed by atoms with Crippen LogP contribution in [0.2, 0.25) is 0 Å². The zero-order chi connectivity index (χ0) is 18.4. The molecule has 5 heteroatoms. The Hall–Kier alpha value is -3.86. The van der Waals surface area contributed by atoms with Gasteiger partial charge in [-0.1, -0.05) is 54.6 Å². The van der Waals surface area contributed by atoms with Crippen LogP contribution >= 0.6 is 0 Å². The highest BCUT2D eigenvalue weighted by Crippen LogP contribution is 2.37. The lowest BCUT2D eigenvalue weighted by Crippen LogP contribution is -2.25. The maximum absolute atomic E-state index is 12.2. The minimum Gasteiger partial charge on any atom is -0.421 e. The van der Waals surface area contributed by atoms with E-state index in [1.165, 1.54) is 5.56 Å². The molecule has 1 heterocycles. The van der Waals surface area contributed by atoms with Gasteiger partial charge in [0.2, 0.25) is 0 Å². The van der Waals surface area contributed by atoms with Crippen molar-refractivity contribution in [3.05, 3.63) is 82.2 Å². The summed E-state index contributed by atoms with van der Waals surface area (Å²) >= 11 is 0. The highest BCUT2D eigenvalue weighted by molar-refractivity contribution is 6.08. The van der Waals surface area contributed by atoms with Gasteiger partial charge in [-0.3, -0.25) is 0 Å². The van der Waals surface area contributed by atoms with E-state index in [1.807, 2.05) is 42.5 Å². The number of aliphatic imine (C=N–C) groups is 1. The summed E-state index contributed by atoms with van der Waals surface area (Å²) < 4.78 is 5.31. The second-order valence-corrected chi connectivity index (χ2v) is 6.38. The van der Waals surface area contributed by atoms with E-state index >= 15 is 0 Å². The largest absolute Gasteiger partial charge is 0.421 e. The monoisotopic (exact) mass is 353 g/mol. The summed E-state index contributed by atoms with van der Waals surface area (Å²) in [5, 5.41) is 6.00. The van der Waals surface area contributed by atoms with E-state index in [-0.39, 0.29) is 11.6 Å². The summed E-state index contributed by atoms with van der Waals surface area (Å²) in [7, 11) is 0. The minimum absolute atomic E-state index is 0.131. The van der Waals surface area contributed by atoms with Gasteiger partial charge in [-0.05, 0) is 34.5 Å². The summed E-state index contributed by atoms with van der Waals surface area (Å²) in [6, 6.07) is 19.2. The zero-order valence-electron chi connectivity index (χ0n) is 14.3. The number of nitrogens with one attached hydrogen (secondary N) is 1. The van der Waals surface area contributed by atoms with Crippen LogP contribution in [0.4, 0.5) is 11.4 Å². The number of fused-ring (bicyclic) bond motifs is 1. The summed E-state index contributed by atoms with van der Waals surface area (Å²) in [6.45, 7) is 0. The molecule has 130 valence electrons. The van der Waals surface area contributed by atoms with Crippen LogP contribution in [-0.2, 0) is 0 Å². The van der Waals surface area contributed by atoms with Gasteiger partial charge in [0, 0.05) is 10.9 Å². The topological polar surface area (TPSA) is 80.6 Å². The molecular weight excluding hydrogens is 338 g/mol. The van der Waals surface area contributed by atoms with E-state index in [2.05, 4.69) is 28.5 Å². The van der Waals surface area contributed by atoms with E-state index < -0.39 is 5.63 Å². The number of anilines is 1. The molecule has 5 nitrogen and oxygen atoms in total. The molecule has 0 aliphatic heterocycles. The quantitative estimate of drug-likeness (QED) is 0.278. The van der Waals surface area contributed by atoms with E-state index in [4.69, 9.17) is 10.2 Å². The molecule has 5 rings (SSSR count). The van der Waals surface area contributed by atoms with Crippen LogP contribution in [-0.4, -0.2) is 5.96 Å². The molecule has 27 heavy (non-hydrogen) atoms. The highest BCUT2D eigenvalue weighted by Gasteiger charge is 2.13. The molecule has 0 fully saturated rings. The first-order valence-corrected chi connectivity index (χ1v) is 8.57. The van der Waals surface area contributed by atoms with Gasteiger partial charge in [-0.25, -0.2) is 9.79 Å². The van der Waals surface area contributed by atoms with Crippen LogP contribution in [0.25, 0.3) is 33.9 Å². The Morgan fingerprint density at radius 2 is 1.81 bits per heavy atom. The third kappa shape index (κ3) is 2.57. The number of nitrogens with zero attached hydrogens (tertiary/aromatic N) is 1. The SMILES string of the molecule is NC(=Nc1ccc2cccc3c2c1C=C3)Nc1cc2ccccc2oc1=O. The summed E-state index contributed by atoms with van der Waals surface area (Å²) in [5.41, 5.74) is 9.31. The number of nitrogens with two attached hydrogens (primary N) is 1. The maximum Gasteiger partial charge on any atom is 0.360 e. The smallest absolute Gasteiger partial charge is 0.360 e. The summed E-state index contributed by atoms with van der Waals surface area (Å²) in [4.78, 5) is 16.7. The van der Waals surface area contributed by atoms with Crippen molar-refractivity contribution in [2.24, 2.45) is 10.7 Å². The molecule has 0 spiro atoms. The third-order valence-corrected chi connectivity index (χ3v) is 4.67. The van der Waals surface area contributed by atoms with E-state index in [9.17, 15) is 4.79 Å². The molecule has 1 aliphatic carbocycles. The standard InChI is InChI=1S/C22H15N3O2/c23-22(25-18-12-15-4-1-2-7-19(15)27-21(18)26)24-17-11-9-14-6-3-5-13-8-10-16(17)20(13)14/h1-12H,(H3,23,24,25). The van der Waals surface area contributed by atoms with Crippen molar-refractivity contribution >= 4 is 51.2 Å². The fourth-order valence-electron chi connectivity index (χ4n) is 3.45. The predicted molar refractivity (Wildman–Crippen MR) is 110 cm³/mol. The van der Waals surface area contributed by atoms with Gasteiger partial charge < -0.3 is 15.5 Å². The lowest BCUT2D eigenvalue weighted by molar-refractivity contribution is 0.564. The molecule has 0 radical (unpaired) electrons. The Kier molecular flexibility index (Phi) is 3.33. The molecular formula is C22H15N3O2. The summed E-state index contributed by atoms with van der Waals surface area (Å²) in [5.74, 6) is 0.131. The van der Waals surface area contributed by atoms with Crippen LogP contribution in [0.5, 0.6) is 0 Å². The molecule has 0 bridgehead atoms. The zero-order valence-corrected chi connectivity index (χ0v) is 14.3. The maximum atomic E-state index is 12.2. The molecule has 0 amide bonds. The number of hydrogen-bond acceptors (Lipinski definition) is 3. The minimum atomic E-state index is -0.489. The second-order valence-electron chi connectivity index (χ2n) is 6.38. The predicted octanol–water partition coefficient (Wildman–Crippen LogP) is 4.49. The first-order valence-electron chi connectivity index (χ1n) is 8.57. The first-order chi connectivity index (χ1) is 13.2. The number of hydrogen-bond donors (Lipinski definition) is 2. The van der Waals surface area contributed by atoms with Crippen molar-refractivity contribution in [3.63, 3.8) is 0 Å². The van der Waals surface area contributed by atoms with Gasteiger partial charge in [-0.2, -0.15) is 0 Å². The molecule has 0 saturated heterocycles. The van der Waals surface area contributed by atoms with Crippen LogP contribution in [0.1, 0.15) is 11.1 Å². The molecule has 1 aliphatic rings. The van der Waals surface area contributed by atoms with Gasteiger partial charge in [0.25, 0.3) is 0 Å². The first kappa shape index (κ1) is 15.4. The molecule has 0 atom stereocenters. The molecule has 0 unspecified atom stereocenters. The molecule has 3 N–H and O–H groups in total. The van der Waals surface area contributed by atoms with Crippen LogP contribution in [0.3, 0.4) is 0 Å². The fraction of sp³-hybridized carbons (Fsp3) is 0. The van der Waals surface area contributed by atoms with E-state index in [0.29, 0.717) is 5.58 Å². The number of benzene rings is 3. The van der Waals surface area contributed by atoms with Gasteiger partial charge >= 0.3 is 5.63 Å². The second kappa shape index (κ2) is 5.85. The number of rotatable bonds is 2. The van der Waals surface area contributed by atoms with E-state index in [0.717, 1.165) is 27.4 Å². The average Bonchev–Trinajstić information content (AvgIpc) is 3.11. The number of guanidine groups is 1. The van der Waals surface area contributed by atoms with Gasteiger partial charge in [0.15, 0.2) is 5.96 Å². The normalized spacial score (nSPS) is 12.8. The highest BCUT2D eigenvalue weighted by atomic mass is 16.4. The van der Waals surface area contributed by atoms with Crippen LogP contribution in [0.15, 0.2) is 74.9 Å². The lowest BCUT2D eigenvalue weighted by atomic mass is 10.0. The van der Waals surface area contributed by atoms with Crippen molar-refractivity contribution in [1.82, 2.24) is 0 Å². The molecule has 3 aromatic carbocycles. The lowest BCUT2D eigenvalue weighted by Gasteiger charge is -2.08. The Morgan fingerprint density at radius 3 is 2.74 bits per heavy atom. The van der Waals surface area contributed by atoms with Crippen molar-refractivity contribution in [2.45, 2.75) is 0 Å². The van der Waals surface area contributed by atoms with Gasteiger partial charge in [-0.15, -0.1) is 0 Å². The Balaban J connectivity index is 1.54. The van der Waals surface area contributed by atoms with Crippen molar-refractivity contribution in [3.8, 4) is 0 Å². The molecule has 1 aromatic heterocycles. The molecule has 4 aromatic rings. The van der Waals surface area contributed by atoms with E-state index in [1.54, 1.807) is 12.1 Å². The average molecular weight is 353 g/mol. The van der Waals surface area contributed by atoms with Crippen LogP contribution < -0.4 is 16.7 Å².